The predicted molar refractivity (Wildman–Crippen MR) is 61.4 cm³/mol. The lowest BCUT2D eigenvalue weighted by molar-refractivity contribution is 0.676. The molecule has 0 aliphatic heterocycles. The zero-order valence-electron chi connectivity index (χ0n) is 8.43. The number of fused-ring (bicyclic) bond motifs is 1. The van der Waals surface area contributed by atoms with Crippen molar-refractivity contribution in [3.8, 4) is 0 Å². The zero-order chi connectivity index (χ0) is 10.9. The molecule has 0 saturated carbocycles. The minimum atomic E-state index is -2.69. The molecule has 1 unspecified atom stereocenters. The number of nitrogens with one attached hydrogen (secondary N) is 1. The van der Waals surface area contributed by atoms with E-state index in [9.17, 15) is 4.21 Å². The van der Waals surface area contributed by atoms with E-state index in [1.165, 1.54) is 0 Å². The Kier molecular flexibility index (Phi) is 2.44. The highest BCUT2D eigenvalue weighted by atomic mass is 32.2. The van der Waals surface area contributed by atoms with Gasteiger partial charge < -0.3 is 0 Å². The molecule has 15 heavy (non-hydrogen) atoms. The number of hydrogen-bond donors (Lipinski definition) is 1. The normalized spacial score (nSPS) is 15.0. The first kappa shape index (κ1) is 10.1. The van der Waals surface area contributed by atoms with Crippen molar-refractivity contribution in [2.45, 2.75) is 11.8 Å². The van der Waals surface area contributed by atoms with Crippen molar-refractivity contribution in [3.63, 3.8) is 0 Å². The molecule has 1 N–H and O–H groups in total. The number of hydrogen-bond acceptors (Lipinski definition) is 3. The molecule has 3 nitrogen and oxygen atoms in total. The molecule has 1 aromatic heterocycles. The Morgan fingerprint density at radius 1 is 1.33 bits per heavy atom. The van der Waals surface area contributed by atoms with Crippen LogP contribution in [0.4, 0.5) is 0 Å². The highest BCUT2D eigenvalue weighted by molar-refractivity contribution is 7.92. The summed E-state index contributed by atoms with van der Waals surface area (Å²) >= 11 is 0. The summed E-state index contributed by atoms with van der Waals surface area (Å²) in [6.45, 7) is 1.76. The highest BCUT2D eigenvalue weighted by Gasteiger charge is 2.11. The van der Waals surface area contributed by atoms with Crippen molar-refractivity contribution in [2.75, 3.05) is 5.75 Å². The second-order valence-electron chi connectivity index (χ2n) is 3.30. The van der Waals surface area contributed by atoms with Gasteiger partial charge in [-0.25, -0.2) is 8.99 Å². The average molecular weight is 220 g/mol. The SMILES string of the molecule is CCS(=N)(=O)c1cccc2cccnc12. The standard InChI is InChI=1S/C11H12N2OS/c1-2-15(12,14)10-7-3-5-9-6-4-8-13-11(9)10/h3-8,12H,2H2,1H3. The molecular weight excluding hydrogens is 208 g/mol. The summed E-state index contributed by atoms with van der Waals surface area (Å²) in [5, 5.41) is 0.934. The van der Waals surface area contributed by atoms with E-state index in [4.69, 9.17) is 4.78 Å². The molecule has 0 spiro atoms. The Hall–Kier alpha value is -1.42. The molecule has 0 saturated heterocycles. The maximum absolute atomic E-state index is 12.0. The minimum Gasteiger partial charge on any atom is -0.255 e. The third-order valence-corrected chi connectivity index (χ3v) is 4.21. The van der Waals surface area contributed by atoms with Gasteiger partial charge in [0.1, 0.15) is 0 Å². The van der Waals surface area contributed by atoms with E-state index in [-0.39, 0.29) is 0 Å². The summed E-state index contributed by atoms with van der Waals surface area (Å²) in [5.41, 5.74) is 0.682. The molecule has 4 heteroatoms. The molecule has 0 aliphatic carbocycles. The largest absolute Gasteiger partial charge is 0.255 e. The van der Waals surface area contributed by atoms with E-state index in [2.05, 4.69) is 4.98 Å². The summed E-state index contributed by atoms with van der Waals surface area (Å²) in [6, 6.07) is 9.22. The Morgan fingerprint density at radius 2 is 2.07 bits per heavy atom. The van der Waals surface area contributed by atoms with Crippen molar-refractivity contribution in [2.24, 2.45) is 0 Å². The lowest BCUT2D eigenvalue weighted by atomic mass is 10.2. The van der Waals surface area contributed by atoms with Gasteiger partial charge in [-0.1, -0.05) is 25.1 Å². The Balaban J connectivity index is 2.83. The van der Waals surface area contributed by atoms with Crippen LogP contribution in [0, 0.1) is 4.78 Å². The van der Waals surface area contributed by atoms with E-state index in [0.717, 1.165) is 5.39 Å². The number of pyridine rings is 1. The van der Waals surface area contributed by atoms with Gasteiger partial charge in [0.25, 0.3) is 0 Å². The van der Waals surface area contributed by atoms with E-state index >= 15 is 0 Å². The lowest BCUT2D eigenvalue weighted by Crippen LogP contribution is -2.02. The number of benzene rings is 1. The lowest BCUT2D eigenvalue weighted by Gasteiger charge is -2.07. The molecule has 0 amide bonds. The molecule has 0 fully saturated rings. The number of aromatic nitrogens is 1. The topological polar surface area (TPSA) is 53.8 Å². The van der Waals surface area contributed by atoms with Gasteiger partial charge in [0.15, 0.2) is 0 Å². The van der Waals surface area contributed by atoms with Gasteiger partial charge in [0.2, 0.25) is 0 Å². The second-order valence-corrected chi connectivity index (χ2v) is 5.66. The van der Waals surface area contributed by atoms with Crippen LogP contribution in [-0.2, 0) is 9.73 Å². The molecule has 1 heterocycles. The van der Waals surface area contributed by atoms with Crippen LogP contribution < -0.4 is 0 Å². The first-order valence-corrected chi connectivity index (χ1v) is 6.48. The quantitative estimate of drug-likeness (QED) is 0.845. The number of para-hydroxylation sites is 1. The van der Waals surface area contributed by atoms with Crippen molar-refractivity contribution < 1.29 is 4.21 Å². The van der Waals surface area contributed by atoms with Crippen molar-refractivity contribution in [3.05, 3.63) is 36.5 Å². The van der Waals surface area contributed by atoms with Gasteiger partial charge in [-0.15, -0.1) is 0 Å². The summed E-state index contributed by atoms with van der Waals surface area (Å²) in [7, 11) is -2.69. The van der Waals surface area contributed by atoms with Gasteiger partial charge in [-0.3, -0.25) is 4.98 Å². The third kappa shape index (κ3) is 1.72. The van der Waals surface area contributed by atoms with Gasteiger partial charge in [-0.05, 0) is 12.1 Å². The average Bonchev–Trinajstić information content (AvgIpc) is 2.28. The molecule has 2 aromatic rings. The fourth-order valence-electron chi connectivity index (χ4n) is 1.50. The van der Waals surface area contributed by atoms with Crippen LogP contribution in [0.5, 0.6) is 0 Å². The van der Waals surface area contributed by atoms with Crippen LogP contribution in [0.25, 0.3) is 10.9 Å². The van der Waals surface area contributed by atoms with E-state index in [1.54, 1.807) is 19.2 Å². The Labute approximate surface area is 89.1 Å². The third-order valence-electron chi connectivity index (χ3n) is 2.36. The Bertz CT molecular complexity index is 585. The molecule has 1 aromatic carbocycles. The highest BCUT2D eigenvalue weighted by Crippen LogP contribution is 2.21. The Morgan fingerprint density at radius 3 is 2.80 bits per heavy atom. The smallest absolute Gasteiger partial charge is 0.0872 e. The molecule has 0 bridgehead atoms. The van der Waals surface area contributed by atoms with Gasteiger partial charge in [-0.2, -0.15) is 0 Å². The van der Waals surface area contributed by atoms with Crippen LogP contribution in [0.3, 0.4) is 0 Å². The molecule has 1 atom stereocenters. The first-order chi connectivity index (χ1) is 7.15. The molecule has 78 valence electrons. The molecule has 0 radical (unpaired) electrons. The van der Waals surface area contributed by atoms with Gasteiger partial charge >= 0.3 is 0 Å². The zero-order valence-corrected chi connectivity index (χ0v) is 9.25. The minimum absolute atomic E-state index is 0.322. The van der Waals surface area contributed by atoms with E-state index in [1.807, 2.05) is 24.3 Å². The monoisotopic (exact) mass is 220 g/mol. The van der Waals surface area contributed by atoms with Crippen LogP contribution >= 0.6 is 0 Å². The van der Waals surface area contributed by atoms with Gasteiger partial charge in [0, 0.05) is 17.3 Å². The number of nitrogens with zero attached hydrogens (tertiary/aromatic N) is 1. The fraction of sp³-hybridized carbons (Fsp3) is 0.182. The number of rotatable bonds is 2. The van der Waals surface area contributed by atoms with Crippen LogP contribution in [-0.4, -0.2) is 14.9 Å². The fourth-order valence-corrected chi connectivity index (χ4v) is 2.59. The van der Waals surface area contributed by atoms with Crippen LogP contribution in [0.15, 0.2) is 41.4 Å². The molecular formula is C11H12N2OS. The summed E-state index contributed by atoms with van der Waals surface area (Å²) in [5.74, 6) is 0.322. The summed E-state index contributed by atoms with van der Waals surface area (Å²) in [6.07, 6.45) is 1.66. The second kappa shape index (κ2) is 3.62. The molecule has 2 rings (SSSR count). The maximum atomic E-state index is 12.0. The van der Waals surface area contributed by atoms with E-state index in [0.29, 0.717) is 16.2 Å². The molecule has 0 aliphatic rings. The summed E-state index contributed by atoms with van der Waals surface area (Å²) < 4.78 is 19.8. The van der Waals surface area contributed by atoms with Crippen molar-refractivity contribution in [1.82, 2.24) is 4.98 Å². The first-order valence-electron chi connectivity index (χ1n) is 4.75. The predicted octanol–water partition coefficient (Wildman–Crippen LogP) is 2.66. The van der Waals surface area contributed by atoms with E-state index < -0.39 is 9.73 Å². The van der Waals surface area contributed by atoms with Crippen molar-refractivity contribution in [1.29, 1.82) is 4.78 Å². The van der Waals surface area contributed by atoms with Crippen LogP contribution in [0.1, 0.15) is 6.92 Å². The summed E-state index contributed by atoms with van der Waals surface area (Å²) in [4.78, 5) is 4.74. The maximum Gasteiger partial charge on any atom is 0.0872 e. The van der Waals surface area contributed by atoms with Gasteiger partial charge in [0.05, 0.1) is 20.1 Å². The van der Waals surface area contributed by atoms with Crippen LogP contribution in [0.2, 0.25) is 0 Å². The van der Waals surface area contributed by atoms with Crippen molar-refractivity contribution >= 4 is 20.6 Å².